The van der Waals surface area contributed by atoms with Crippen LogP contribution < -0.4 is 4.90 Å². The Morgan fingerprint density at radius 2 is 1.33 bits per heavy atom. The molecule has 0 aromatic heterocycles. The van der Waals surface area contributed by atoms with E-state index in [9.17, 15) is 5.11 Å². The van der Waals surface area contributed by atoms with Crippen molar-refractivity contribution in [2.24, 2.45) is 4.99 Å². The van der Waals surface area contributed by atoms with Crippen LogP contribution in [-0.4, -0.2) is 24.4 Å². The summed E-state index contributed by atoms with van der Waals surface area (Å²) in [4.78, 5) is 7.52. The number of nitrogens with zero attached hydrogens (tertiary/aromatic N) is 2. The molecule has 0 bridgehead atoms. The van der Waals surface area contributed by atoms with Crippen LogP contribution in [0.2, 0.25) is 0 Å². The number of anilines is 1. The normalized spacial score (nSPS) is 18.9. The van der Waals surface area contributed by atoms with E-state index in [1.165, 1.54) is 27.9 Å². The Labute approximate surface area is 239 Å². The van der Waals surface area contributed by atoms with Crippen LogP contribution in [0.4, 0.5) is 11.4 Å². The molecule has 4 aromatic carbocycles. The van der Waals surface area contributed by atoms with Crippen LogP contribution in [0.15, 0.2) is 89.9 Å². The first kappa shape index (κ1) is 24.0. The molecule has 5 heteroatoms. The van der Waals surface area contributed by atoms with E-state index in [2.05, 4.69) is 123 Å². The van der Waals surface area contributed by atoms with Crippen molar-refractivity contribution in [2.45, 2.75) is 24.7 Å². The van der Waals surface area contributed by atoms with Gasteiger partial charge >= 0.3 is 0 Å². The van der Waals surface area contributed by atoms with Gasteiger partial charge in [-0.1, -0.05) is 60.7 Å². The minimum absolute atomic E-state index is 0.287. The van der Waals surface area contributed by atoms with Gasteiger partial charge in [-0.05, 0) is 105 Å². The molecule has 180 valence electrons. The summed E-state index contributed by atoms with van der Waals surface area (Å²) in [5.74, 6) is 0.996. The second kappa shape index (κ2) is 10.2. The van der Waals surface area contributed by atoms with Crippen molar-refractivity contribution in [3.63, 3.8) is 0 Å². The molecular weight excluding hydrogens is 670 g/mol. The fraction of sp³-hybridized carbons (Fsp3) is 0.194. The molecule has 2 heterocycles. The highest BCUT2D eigenvalue weighted by atomic mass is 127. The van der Waals surface area contributed by atoms with Crippen molar-refractivity contribution in [1.29, 1.82) is 0 Å². The van der Waals surface area contributed by atoms with Gasteiger partial charge in [0.25, 0.3) is 0 Å². The van der Waals surface area contributed by atoms with E-state index in [1.54, 1.807) is 0 Å². The number of aliphatic imine (C=N–C) groups is 1. The molecule has 4 aromatic rings. The molecule has 0 amide bonds. The lowest BCUT2D eigenvalue weighted by Gasteiger charge is -2.43. The molecule has 6 rings (SSSR count). The van der Waals surface area contributed by atoms with Gasteiger partial charge in [0.2, 0.25) is 0 Å². The topological polar surface area (TPSA) is 35.8 Å². The van der Waals surface area contributed by atoms with Gasteiger partial charge in [-0.3, -0.25) is 4.99 Å². The maximum absolute atomic E-state index is 10.6. The van der Waals surface area contributed by atoms with Crippen LogP contribution in [0.5, 0.6) is 5.75 Å². The quantitative estimate of drug-likeness (QED) is 0.173. The first-order valence-electron chi connectivity index (χ1n) is 12.3. The van der Waals surface area contributed by atoms with E-state index in [1.807, 2.05) is 18.3 Å². The Hall–Kier alpha value is -2.39. The van der Waals surface area contributed by atoms with Crippen LogP contribution >= 0.6 is 45.2 Å². The predicted octanol–water partition coefficient (Wildman–Crippen LogP) is 8.23. The highest BCUT2D eigenvalue weighted by Gasteiger charge is 2.35. The Morgan fingerprint density at radius 1 is 0.778 bits per heavy atom. The fourth-order valence-corrected chi connectivity index (χ4v) is 7.63. The van der Waals surface area contributed by atoms with E-state index in [0.717, 1.165) is 44.3 Å². The number of aromatic hydroxyl groups is 1. The number of hydrogen-bond donors (Lipinski definition) is 1. The summed E-state index contributed by atoms with van der Waals surface area (Å²) >= 11 is 4.46. The molecule has 2 aliphatic heterocycles. The molecule has 0 fully saturated rings. The monoisotopic (exact) mass is 696 g/mol. The van der Waals surface area contributed by atoms with Gasteiger partial charge < -0.3 is 10.0 Å². The van der Waals surface area contributed by atoms with Crippen LogP contribution in [0, 0.1) is 7.14 Å². The third-order valence-electron chi connectivity index (χ3n) is 7.41. The van der Waals surface area contributed by atoms with Gasteiger partial charge in [-0.15, -0.1) is 0 Å². The van der Waals surface area contributed by atoms with E-state index >= 15 is 0 Å². The summed E-state index contributed by atoms with van der Waals surface area (Å²) < 4.78 is 1.92. The molecule has 2 atom stereocenters. The second-order valence-electron chi connectivity index (χ2n) is 9.55. The molecule has 0 spiro atoms. The number of rotatable bonds is 4. The van der Waals surface area contributed by atoms with Gasteiger partial charge in [0, 0.05) is 46.0 Å². The van der Waals surface area contributed by atoms with Gasteiger partial charge in [0.1, 0.15) is 5.75 Å². The first-order chi connectivity index (χ1) is 17.6. The average Bonchev–Trinajstić information content (AvgIpc) is 2.91. The fourth-order valence-electron chi connectivity index (χ4n) is 5.74. The first-order valence-corrected chi connectivity index (χ1v) is 14.5. The summed E-state index contributed by atoms with van der Waals surface area (Å²) in [5, 5.41) is 10.6. The number of phenols is 1. The van der Waals surface area contributed by atoms with Crippen LogP contribution in [0.1, 0.15) is 52.5 Å². The Morgan fingerprint density at radius 3 is 1.89 bits per heavy atom. The zero-order chi connectivity index (χ0) is 24.6. The van der Waals surface area contributed by atoms with Crippen molar-refractivity contribution in [3.05, 3.63) is 120 Å². The second-order valence-corrected chi connectivity index (χ2v) is 12.0. The smallest absolute Gasteiger partial charge is 0.137 e. The van der Waals surface area contributed by atoms with Gasteiger partial charge in [0.05, 0.1) is 9.26 Å². The lowest BCUT2D eigenvalue weighted by atomic mass is 9.76. The summed E-state index contributed by atoms with van der Waals surface area (Å²) in [7, 11) is 0. The number of halogens is 2. The maximum atomic E-state index is 10.6. The maximum Gasteiger partial charge on any atom is 0.137 e. The molecule has 36 heavy (non-hydrogen) atoms. The lowest BCUT2D eigenvalue weighted by molar-refractivity contribution is 0.470. The van der Waals surface area contributed by atoms with E-state index in [-0.39, 0.29) is 5.75 Å². The molecule has 0 saturated heterocycles. The highest BCUT2D eigenvalue weighted by molar-refractivity contribution is 14.1. The SMILES string of the molecule is Oc1c(I)cc(I)cc1C=Nc1cc2c3c(c1)[C@H](c1ccccc1)CCN3CC[C@@H]2c1ccccc1. The van der Waals surface area contributed by atoms with Crippen molar-refractivity contribution in [1.82, 2.24) is 0 Å². The largest absolute Gasteiger partial charge is 0.506 e. The molecule has 3 nitrogen and oxygen atoms in total. The van der Waals surface area contributed by atoms with E-state index < -0.39 is 0 Å². The van der Waals surface area contributed by atoms with Crippen LogP contribution in [0.25, 0.3) is 0 Å². The van der Waals surface area contributed by atoms with Crippen molar-refractivity contribution in [3.8, 4) is 5.75 Å². The minimum atomic E-state index is 0.287. The third-order valence-corrected chi connectivity index (χ3v) is 8.86. The predicted molar refractivity (Wildman–Crippen MR) is 165 cm³/mol. The lowest BCUT2D eigenvalue weighted by Crippen LogP contribution is -2.37. The Bertz CT molecular complexity index is 1360. The molecule has 0 radical (unpaired) electrons. The number of benzene rings is 4. The molecule has 1 N–H and O–H groups in total. The summed E-state index contributed by atoms with van der Waals surface area (Å²) in [6.45, 7) is 2.16. The zero-order valence-corrected chi connectivity index (χ0v) is 24.1. The van der Waals surface area contributed by atoms with Gasteiger partial charge in [-0.2, -0.15) is 0 Å². The zero-order valence-electron chi connectivity index (χ0n) is 19.7. The summed E-state index contributed by atoms with van der Waals surface area (Å²) in [5.41, 5.74) is 8.58. The average molecular weight is 696 g/mol. The molecule has 0 aliphatic carbocycles. The number of phenolic OH excluding ortho intramolecular Hbond substituents is 1. The standard InChI is InChI=1S/C31H26I2N2O/c32-23-15-22(31(36)29(33)16-23)19-34-24-17-27-25(20-7-3-1-4-8-20)11-13-35-14-12-26(28(18-24)30(27)35)21-9-5-2-6-10-21/h1-10,15-19,25-26,36H,11-14H2/t25-,26+. The third kappa shape index (κ3) is 4.56. The molecule has 0 saturated carbocycles. The Kier molecular flexibility index (Phi) is 6.77. The summed E-state index contributed by atoms with van der Waals surface area (Å²) in [6.07, 6.45) is 4.03. The Balaban J connectivity index is 1.51. The minimum Gasteiger partial charge on any atom is -0.506 e. The van der Waals surface area contributed by atoms with Crippen LogP contribution in [0.3, 0.4) is 0 Å². The van der Waals surface area contributed by atoms with Gasteiger partial charge in [-0.25, -0.2) is 0 Å². The molecular formula is C31H26I2N2O. The van der Waals surface area contributed by atoms with E-state index in [4.69, 9.17) is 4.99 Å². The highest BCUT2D eigenvalue weighted by Crippen LogP contribution is 2.50. The van der Waals surface area contributed by atoms with Crippen molar-refractivity contribution < 1.29 is 5.11 Å². The van der Waals surface area contributed by atoms with Gasteiger partial charge in [0.15, 0.2) is 0 Å². The molecule has 2 aliphatic rings. The van der Waals surface area contributed by atoms with Crippen molar-refractivity contribution >= 4 is 62.8 Å². The summed E-state index contributed by atoms with van der Waals surface area (Å²) in [6, 6.07) is 30.3. The van der Waals surface area contributed by atoms with Crippen molar-refractivity contribution in [2.75, 3.05) is 18.0 Å². The molecule has 0 unspecified atom stereocenters. The van der Waals surface area contributed by atoms with E-state index in [0.29, 0.717) is 11.8 Å². The van der Waals surface area contributed by atoms with Crippen LogP contribution in [-0.2, 0) is 0 Å². The number of hydrogen-bond acceptors (Lipinski definition) is 3.